The van der Waals surface area contributed by atoms with E-state index in [2.05, 4.69) is 12.1 Å². The molecule has 1 unspecified atom stereocenters. The molecule has 0 aromatic heterocycles. The largest absolute Gasteiger partial charge is 0.494 e. The van der Waals surface area contributed by atoms with E-state index in [-0.39, 0.29) is 11.9 Å². The molecule has 5 heteroatoms. The summed E-state index contributed by atoms with van der Waals surface area (Å²) in [6.45, 7) is 0.762. The van der Waals surface area contributed by atoms with Crippen LogP contribution < -0.4 is 4.74 Å². The fourth-order valence-corrected chi connectivity index (χ4v) is 3.89. The second kappa shape index (κ2) is 7.45. The van der Waals surface area contributed by atoms with Crippen LogP contribution in [0.25, 0.3) is 0 Å². The van der Waals surface area contributed by atoms with Crippen LogP contribution in [0.3, 0.4) is 0 Å². The van der Waals surface area contributed by atoms with E-state index < -0.39 is 0 Å². The molecule has 1 saturated heterocycles. The van der Waals surface area contributed by atoms with Gasteiger partial charge in [-0.1, -0.05) is 53.5 Å². The summed E-state index contributed by atoms with van der Waals surface area (Å²) in [4.78, 5) is 14.9. The predicted octanol–water partition coefficient (Wildman–Crippen LogP) is 4.85. The molecule has 2 aromatic carbocycles. The van der Waals surface area contributed by atoms with Crippen LogP contribution in [0.5, 0.6) is 5.75 Å². The number of halogens is 2. The Hall–Kier alpha value is -1.71. The average Bonchev–Trinajstić information content (AvgIpc) is 3.03. The molecule has 0 spiro atoms. The SMILES string of the molecule is COc1c(Cl)cc(C(=O)N2CCCC2Cc2ccccc2)cc1Cl. The van der Waals surface area contributed by atoms with Crippen molar-refractivity contribution in [2.24, 2.45) is 0 Å². The highest BCUT2D eigenvalue weighted by Crippen LogP contribution is 2.35. The Bertz CT molecular complexity index is 710. The van der Waals surface area contributed by atoms with E-state index in [4.69, 9.17) is 27.9 Å². The zero-order valence-electron chi connectivity index (χ0n) is 13.5. The number of hydrogen-bond donors (Lipinski definition) is 0. The van der Waals surface area contributed by atoms with E-state index in [1.807, 2.05) is 23.1 Å². The highest BCUT2D eigenvalue weighted by Gasteiger charge is 2.30. The summed E-state index contributed by atoms with van der Waals surface area (Å²) < 4.78 is 5.15. The van der Waals surface area contributed by atoms with Crippen LogP contribution in [0.15, 0.2) is 42.5 Å². The van der Waals surface area contributed by atoms with Gasteiger partial charge < -0.3 is 9.64 Å². The van der Waals surface area contributed by atoms with Crippen LogP contribution in [-0.2, 0) is 6.42 Å². The van der Waals surface area contributed by atoms with Gasteiger partial charge in [0.05, 0.1) is 17.2 Å². The normalized spacial score (nSPS) is 17.1. The minimum absolute atomic E-state index is 0.0279. The standard InChI is InChI=1S/C19H19Cl2NO2/c1-24-18-16(20)11-14(12-17(18)21)19(23)22-9-5-8-15(22)10-13-6-3-2-4-7-13/h2-4,6-7,11-12,15H,5,8-10H2,1H3. The molecule has 0 saturated carbocycles. The van der Waals surface area contributed by atoms with Crippen molar-refractivity contribution in [1.29, 1.82) is 0 Å². The van der Waals surface area contributed by atoms with Crippen molar-refractivity contribution in [3.05, 3.63) is 63.6 Å². The monoisotopic (exact) mass is 363 g/mol. The molecule has 2 aromatic rings. The second-order valence-electron chi connectivity index (χ2n) is 5.96. The third-order valence-corrected chi connectivity index (χ3v) is 4.96. The van der Waals surface area contributed by atoms with Gasteiger partial charge in [0.25, 0.3) is 5.91 Å². The quantitative estimate of drug-likeness (QED) is 0.776. The Morgan fingerprint density at radius 1 is 1.21 bits per heavy atom. The molecule has 1 fully saturated rings. The average molecular weight is 364 g/mol. The minimum atomic E-state index is -0.0279. The van der Waals surface area contributed by atoms with Gasteiger partial charge in [-0.25, -0.2) is 0 Å². The summed E-state index contributed by atoms with van der Waals surface area (Å²) in [5.74, 6) is 0.372. The summed E-state index contributed by atoms with van der Waals surface area (Å²) >= 11 is 12.3. The van der Waals surface area contributed by atoms with Crippen LogP contribution >= 0.6 is 23.2 Å². The first kappa shape index (κ1) is 17.1. The van der Waals surface area contributed by atoms with E-state index in [1.165, 1.54) is 12.7 Å². The Kier molecular flexibility index (Phi) is 5.32. The molecule has 0 N–H and O–H groups in total. The van der Waals surface area contributed by atoms with Gasteiger partial charge in [0, 0.05) is 18.2 Å². The molecule has 1 amide bonds. The molecule has 1 atom stereocenters. The van der Waals surface area contributed by atoms with Crippen molar-refractivity contribution in [2.45, 2.75) is 25.3 Å². The first-order valence-corrected chi connectivity index (χ1v) is 8.73. The Balaban J connectivity index is 1.81. The molecule has 0 radical (unpaired) electrons. The first-order chi connectivity index (χ1) is 11.6. The zero-order valence-corrected chi connectivity index (χ0v) is 15.0. The Labute approximate surface area is 152 Å². The summed E-state index contributed by atoms with van der Waals surface area (Å²) in [7, 11) is 1.50. The molecule has 3 nitrogen and oxygen atoms in total. The number of carbonyl (C=O) groups excluding carboxylic acids is 1. The number of rotatable bonds is 4. The molecular formula is C19H19Cl2NO2. The van der Waals surface area contributed by atoms with E-state index in [0.717, 1.165) is 25.8 Å². The van der Waals surface area contributed by atoms with Gasteiger partial charge in [-0.2, -0.15) is 0 Å². The first-order valence-electron chi connectivity index (χ1n) is 7.98. The lowest BCUT2D eigenvalue weighted by atomic mass is 10.0. The van der Waals surface area contributed by atoms with Gasteiger partial charge in [0.15, 0.2) is 5.75 Å². The zero-order chi connectivity index (χ0) is 17.1. The van der Waals surface area contributed by atoms with E-state index in [0.29, 0.717) is 21.4 Å². The molecule has 1 heterocycles. The fraction of sp³-hybridized carbons (Fsp3) is 0.316. The van der Waals surface area contributed by atoms with E-state index >= 15 is 0 Å². The van der Waals surface area contributed by atoms with Gasteiger partial charge in [-0.3, -0.25) is 4.79 Å². The van der Waals surface area contributed by atoms with Gasteiger partial charge in [0.2, 0.25) is 0 Å². The molecule has 1 aliphatic rings. The molecule has 0 bridgehead atoms. The lowest BCUT2D eigenvalue weighted by molar-refractivity contribution is 0.0736. The lowest BCUT2D eigenvalue weighted by Gasteiger charge is -2.25. The molecular weight excluding hydrogens is 345 g/mol. The number of nitrogens with zero attached hydrogens (tertiary/aromatic N) is 1. The number of hydrogen-bond acceptors (Lipinski definition) is 2. The summed E-state index contributed by atoms with van der Waals surface area (Å²) in [6, 6.07) is 13.7. The molecule has 126 valence electrons. The maximum Gasteiger partial charge on any atom is 0.254 e. The van der Waals surface area contributed by atoms with Crippen molar-refractivity contribution in [3.8, 4) is 5.75 Å². The molecule has 0 aliphatic carbocycles. The van der Waals surface area contributed by atoms with Crippen LogP contribution in [-0.4, -0.2) is 30.5 Å². The third-order valence-electron chi connectivity index (χ3n) is 4.40. The van der Waals surface area contributed by atoms with Crippen LogP contribution in [0.4, 0.5) is 0 Å². The lowest BCUT2D eigenvalue weighted by Crippen LogP contribution is -2.36. The minimum Gasteiger partial charge on any atom is -0.494 e. The van der Waals surface area contributed by atoms with Crippen LogP contribution in [0, 0.1) is 0 Å². The third kappa shape index (κ3) is 3.52. The topological polar surface area (TPSA) is 29.5 Å². The number of benzene rings is 2. The summed E-state index contributed by atoms with van der Waals surface area (Å²) in [6.07, 6.45) is 2.89. The molecule has 3 rings (SSSR count). The second-order valence-corrected chi connectivity index (χ2v) is 6.77. The van der Waals surface area contributed by atoms with Gasteiger partial charge in [-0.05, 0) is 37.0 Å². The van der Waals surface area contributed by atoms with Crippen molar-refractivity contribution in [1.82, 2.24) is 4.90 Å². The van der Waals surface area contributed by atoms with Crippen molar-refractivity contribution in [3.63, 3.8) is 0 Å². The smallest absolute Gasteiger partial charge is 0.254 e. The molecule has 1 aliphatic heterocycles. The van der Waals surface area contributed by atoms with Gasteiger partial charge >= 0.3 is 0 Å². The van der Waals surface area contributed by atoms with Crippen LogP contribution in [0.1, 0.15) is 28.8 Å². The van der Waals surface area contributed by atoms with E-state index in [1.54, 1.807) is 12.1 Å². The van der Waals surface area contributed by atoms with Crippen LogP contribution in [0.2, 0.25) is 10.0 Å². The summed E-state index contributed by atoms with van der Waals surface area (Å²) in [5, 5.41) is 0.708. The Morgan fingerprint density at radius 3 is 2.50 bits per heavy atom. The highest BCUT2D eigenvalue weighted by molar-refractivity contribution is 6.37. The number of carbonyl (C=O) groups is 1. The molecule has 24 heavy (non-hydrogen) atoms. The van der Waals surface area contributed by atoms with Gasteiger partial charge in [0.1, 0.15) is 0 Å². The summed E-state index contributed by atoms with van der Waals surface area (Å²) in [5.41, 5.74) is 1.75. The van der Waals surface area contributed by atoms with Crippen molar-refractivity contribution in [2.75, 3.05) is 13.7 Å². The maximum atomic E-state index is 12.9. The van der Waals surface area contributed by atoms with Crippen molar-refractivity contribution >= 4 is 29.1 Å². The number of likely N-dealkylation sites (tertiary alicyclic amines) is 1. The van der Waals surface area contributed by atoms with Crippen molar-refractivity contribution < 1.29 is 9.53 Å². The highest BCUT2D eigenvalue weighted by atomic mass is 35.5. The number of ether oxygens (including phenoxy) is 1. The number of amides is 1. The van der Waals surface area contributed by atoms with Gasteiger partial charge in [-0.15, -0.1) is 0 Å². The Morgan fingerprint density at radius 2 is 1.88 bits per heavy atom. The predicted molar refractivity (Wildman–Crippen MR) is 97.2 cm³/mol. The fourth-order valence-electron chi connectivity index (χ4n) is 3.25. The maximum absolute atomic E-state index is 12.9. The van der Waals surface area contributed by atoms with E-state index in [9.17, 15) is 4.79 Å². The number of methoxy groups -OCH3 is 1.